The van der Waals surface area contributed by atoms with E-state index >= 15 is 0 Å². The Morgan fingerprint density at radius 3 is 2.35 bits per heavy atom. The molecule has 0 atom stereocenters. The van der Waals surface area contributed by atoms with Gasteiger partial charge in [-0.05, 0) is 32.9 Å². The molecule has 0 spiro atoms. The number of hydrogen-bond acceptors (Lipinski definition) is 3. The molecule has 17 heavy (non-hydrogen) atoms. The summed E-state index contributed by atoms with van der Waals surface area (Å²) >= 11 is 5.26. The van der Waals surface area contributed by atoms with Gasteiger partial charge < -0.3 is 0 Å². The van der Waals surface area contributed by atoms with Gasteiger partial charge in [0.25, 0.3) is 5.91 Å². The van der Waals surface area contributed by atoms with Crippen molar-refractivity contribution >= 4 is 28.8 Å². The highest BCUT2D eigenvalue weighted by Crippen LogP contribution is 2.26. The minimum Gasteiger partial charge on any atom is -0.272 e. The number of carbonyl (C=O) groups is 1. The third-order valence-electron chi connectivity index (χ3n) is 2.72. The molecule has 0 unspecified atom stereocenters. The Morgan fingerprint density at radius 2 is 1.88 bits per heavy atom. The van der Waals surface area contributed by atoms with Gasteiger partial charge in [-0.25, -0.2) is 0 Å². The third-order valence-corrected chi connectivity index (χ3v) is 3.20. The fraction of sp³-hybridized carbons (Fsp3) is 0.308. The molecule has 1 amide bonds. The molecule has 0 saturated carbocycles. The van der Waals surface area contributed by atoms with Crippen LogP contribution in [0.3, 0.4) is 0 Å². The zero-order valence-electron chi connectivity index (χ0n) is 10.1. The van der Waals surface area contributed by atoms with Crippen LogP contribution in [0.25, 0.3) is 0 Å². The lowest BCUT2D eigenvalue weighted by Gasteiger charge is -2.29. The van der Waals surface area contributed by atoms with Crippen molar-refractivity contribution in [1.82, 2.24) is 4.90 Å². The van der Waals surface area contributed by atoms with Crippen LogP contribution in [0.4, 0.5) is 0 Å². The van der Waals surface area contributed by atoms with E-state index < -0.39 is 5.66 Å². The second kappa shape index (κ2) is 4.04. The van der Waals surface area contributed by atoms with Crippen LogP contribution in [0.5, 0.6) is 0 Å². The third kappa shape index (κ3) is 2.00. The van der Waals surface area contributed by atoms with Gasteiger partial charge in [0, 0.05) is 5.56 Å². The number of rotatable bonds is 1. The summed E-state index contributed by atoms with van der Waals surface area (Å²) in [6.45, 7) is 5.61. The van der Waals surface area contributed by atoms with Crippen molar-refractivity contribution < 1.29 is 4.79 Å². The number of thiocarbonyl (C=S) groups is 1. The summed E-state index contributed by atoms with van der Waals surface area (Å²) in [7, 11) is 0. The Morgan fingerprint density at radius 1 is 1.29 bits per heavy atom. The van der Waals surface area contributed by atoms with E-state index in [-0.39, 0.29) is 5.91 Å². The van der Waals surface area contributed by atoms with Crippen molar-refractivity contribution in [2.24, 2.45) is 4.99 Å². The van der Waals surface area contributed by atoms with E-state index in [0.717, 1.165) is 5.71 Å². The molecule has 1 aliphatic rings. The molecule has 1 aromatic carbocycles. The van der Waals surface area contributed by atoms with E-state index in [9.17, 15) is 4.79 Å². The van der Waals surface area contributed by atoms with E-state index in [1.165, 1.54) is 0 Å². The largest absolute Gasteiger partial charge is 0.272 e. The number of aliphatic imine (C=N–C) groups is 1. The zero-order chi connectivity index (χ0) is 12.6. The summed E-state index contributed by atoms with van der Waals surface area (Å²) in [6, 6.07) is 9.13. The summed E-state index contributed by atoms with van der Waals surface area (Å²) < 4.78 is 0. The molecule has 2 rings (SSSR count). The molecule has 4 heteroatoms. The van der Waals surface area contributed by atoms with Crippen LogP contribution < -0.4 is 0 Å². The minimum atomic E-state index is -0.589. The predicted octanol–water partition coefficient (Wildman–Crippen LogP) is 2.67. The quantitative estimate of drug-likeness (QED) is 0.714. The van der Waals surface area contributed by atoms with Gasteiger partial charge in [0.2, 0.25) is 0 Å². The Bertz CT molecular complexity index is 505. The summed E-state index contributed by atoms with van der Waals surface area (Å²) in [5.74, 6) is -0.0961. The maximum atomic E-state index is 12.4. The highest BCUT2D eigenvalue weighted by Gasteiger charge is 2.40. The number of carbonyl (C=O) groups excluding carboxylic acids is 1. The average Bonchev–Trinajstić information content (AvgIpc) is 2.48. The first-order chi connectivity index (χ1) is 7.93. The van der Waals surface area contributed by atoms with Crippen LogP contribution >= 0.6 is 12.2 Å². The van der Waals surface area contributed by atoms with Crippen LogP contribution in [0.1, 0.15) is 31.1 Å². The van der Waals surface area contributed by atoms with Crippen molar-refractivity contribution in [3.63, 3.8) is 0 Å². The average molecular weight is 246 g/mol. The van der Waals surface area contributed by atoms with Gasteiger partial charge in [-0.3, -0.25) is 14.7 Å². The molecule has 3 nitrogen and oxygen atoms in total. The van der Waals surface area contributed by atoms with Crippen LogP contribution in [0.15, 0.2) is 35.3 Å². The van der Waals surface area contributed by atoms with Crippen molar-refractivity contribution in [1.29, 1.82) is 0 Å². The van der Waals surface area contributed by atoms with Crippen molar-refractivity contribution in [3.8, 4) is 0 Å². The SMILES string of the molecule is CC1=NC(C)(C)N(C(=O)c2ccccc2)C1=S. The lowest BCUT2D eigenvalue weighted by Crippen LogP contribution is -2.45. The fourth-order valence-electron chi connectivity index (χ4n) is 1.97. The topological polar surface area (TPSA) is 32.7 Å². The van der Waals surface area contributed by atoms with Gasteiger partial charge in [-0.15, -0.1) is 0 Å². The molecule has 88 valence electrons. The maximum absolute atomic E-state index is 12.4. The first-order valence-corrected chi connectivity index (χ1v) is 5.85. The highest BCUT2D eigenvalue weighted by atomic mass is 32.1. The molecule has 1 aliphatic heterocycles. The molecular formula is C13H14N2OS. The molecule has 1 heterocycles. The molecule has 0 aromatic heterocycles. The summed E-state index contributed by atoms with van der Waals surface area (Å²) in [5.41, 5.74) is 0.788. The van der Waals surface area contributed by atoms with E-state index in [1.54, 1.807) is 17.0 Å². The second-order valence-electron chi connectivity index (χ2n) is 4.50. The standard InChI is InChI=1S/C13H14N2OS/c1-9-12(17)15(13(2,3)14-9)11(16)10-7-5-4-6-8-10/h4-8H,1-3H3. The van der Waals surface area contributed by atoms with E-state index in [1.807, 2.05) is 39.0 Å². The number of hydrogen-bond donors (Lipinski definition) is 0. The summed E-state index contributed by atoms with van der Waals surface area (Å²) in [6.07, 6.45) is 0. The Balaban J connectivity index is 2.37. The first-order valence-electron chi connectivity index (χ1n) is 5.44. The highest BCUT2D eigenvalue weighted by molar-refractivity contribution is 7.82. The van der Waals surface area contributed by atoms with Gasteiger partial charge in [0.05, 0.1) is 5.71 Å². The van der Waals surface area contributed by atoms with Crippen molar-refractivity contribution in [3.05, 3.63) is 35.9 Å². The van der Waals surface area contributed by atoms with Crippen LogP contribution in [-0.4, -0.2) is 27.2 Å². The summed E-state index contributed by atoms with van der Waals surface area (Å²) in [5, 5.41) is 0. The molecule has 0 aliphatic carbocycles. The molecule has 0 fully saturated rings. The monoisotopic (exact) mass is 246 g/mol. The molecular weight excluding hydrogens is 232 g/mol. The van der Waals surface area contributed by atoms with Gasteiger partial charge in [-0.1, -0.05) is 30.4 Å². The van der Waals surface area contributed by atoms with Gasteiger partial charge >= 0.3 is 0 Å². The second-order valence-corrected chi connectivity index (χ2v) is 4.89. The van der Waals surface area contributed by atoms with Gasteiger partial charge in [-0.2, -0.15) is 0 Å². The molecule has 0 bridgehead atoms. The fourth-order valence-corrected chi connectivity index (χ4v) is 2.32. The van der Waals surface area contributed by atoms with Crippen molar-refractivity contribution in [2.75, 3.05) is 0 Å². The lowest BCUT2D eigenvalue weighted by molar-refractivity contribution is 0.0758. The van der Waals surface area contributed by atoms with Gasteiger partial charge in [0.1, 0.15) is 10.7 Å². The Kier molecular flexibility index (Phi) is 2.83. The smallest absolute Gasteiger partial charge is 0.260 e. The van der Waals surface area contributed by atoms with E-state index in [2.05, 4.69) is 4.99 Å². The van der Waals surface area contributed by atoms with Gasteiger partial charge in [0.15, 0.2) is 0 Å². The number of amides is 1. The minimum absolute atomic E-state index is 0.0961. The van der Waals surface area contributed by atoms with Crippen LogP contribution in [-0.2, 0) is 0 Å². The molecule has 0 N–H and O–H groups in total. The zero-order valence-corrected chi connectivity index (χ0v) is 10.9. The Hall–Kier alpha value is -1.55. The van der Waals surface area contributed by atoms with Crippen LogP contribution in [0, 0.1) is 0 Å². The molecule has 0 saturated heterocycles. The molecule has 0 radical (unpaired) electrons. The summed E-state index contributed by atoms with van der Waals surface area (Å²) in [4.78, 5) is 18.9. The normalized spacial score (nSPS) is 18.2. The first kappa shape index (κ1) is 11.9. The number of benzene rings is 1. The maximum Gasteiger partial charge on any atom is 0.260 e. The molecule has 1 aromatic rings. The number of nitrogens with zero attached hydrogens (tertiary/aromatic N) is 2. The van der Waals surface area contributed by atoms with Crippen LogP contribution in [0.2, 0.25) is 0 Å². The Labute approximate surface area is 106 Å². The predicted molar refractivity (Wildman–Crippen MR) is 72.4 cm³/mol. The lowest BCUT2D eigenvalue weighted by atomic mass is 10.1. The van der Waals surface area contributed by atoms with E-state index in [0.29, 0.717) is 10.6 Å². The van der Waals surface area contributed by atoms with E-state index in [4.69, 9.17) is 12.2 Å². The van der Waals surface area contributed by atoms with Crippen molar-refractivity contribution in [2.45, 2.75) is 26.4 Å².